The summed E-state index contributed by atoms with van der Waals surface area (Å²) < 4.78 is 6.40. The van der Waals surface area contributed by atoms with Crippen molar-refractivity contribution >= 4 is 15.9 Å². The van der Waals surface area contributed by atoms with Gasteiger partial charge in [0.15, 0.2) is 0 Å². The van der Waals surface area contributed by atoms with E-state index >= 15 is 0 Å². The van der Waals surface area contributed by atoms with E-state index in [-0.39, 0.29) is 5.41 Å². The van der Waals surface area contributed by atoms with Crippen LogP contribution in [0.3, 0.4) is 0 Å². The Kier molecular flexibility index (Phi) is 4.93. The van der Waals surface area contributed by atoms with E-state index in [4.69, 9.17) is 4.74 Å². The van der Waals surface area contributed by atoms with Crippen LogP contribution in [-0.4, -0.2) is 21.6 Å². The van der Waals surface area contributed by atoms with Crippen LogP contribution in [0.15, 0.2) is 29.1 Å². The monoisotopic (exact) mass is 349 g/mol. The van der Waals surface area contributed by atoms with Crippen molar-refractivity contribution in [3.63, 3.8) is 0 Å². The molecule has 0 aromatic carbocycles. The first kappa shape index (κ1) is 15.9. The Morgan fingerprint density at radius 2 is 1.90 bits per heavy atom. The lowest BCUT2D eigenvalue weighted by atomic mass is 9.95. The number of nitrogens with zero attached hydrogens (tertiary/aromatic N) is 3. The molecule has 21 heavy (non-hydrogen) atoms. The minimum absolute atomic E-state index is 0.109. The average molecular weight is 350 g/mol. The summed E-state index contributed by atoms with van der Waals surface area (Å²) >= 11 is 3.46. The molecule has 0 saturated carbocycles. The van der Waals surface area contributed by atoms with Crippen LogP contribution in [0.4, 0.5) is 0 Å². The normalized spacial score (nSPS) is 11.5. The van der Waals surface area contributed by atoms with Crippen LogP contribution in [0.2, 0.25) is 0 Å². The van der Waals surface area contributed by atoms with E-state index in [1.165, 1.54) is 0 Å². The average Bonchev–Trinajstić information content (AvgIpc) is 2.44. The maximum Gasteiger partial charge on any atom is 0.138 e. The highest BCUT2D eigenvalue weighted by atomic mass is 79.9. The van der Waals surface area contributed by atoms with E-state index in [1.54, 1.807) is 12.4 Å². The minimum atomic E-state index is -0.109. The molecule has 0 bridgehead atoms. The van der Waals surface area contributed by atoms with Crippen molar-refractivity contribution in [3.05, 3.63) is 35.0 Å². The Morgan fingerprint density at radius 1 is 1.14 bits per heavy atom. The molecule has 0 radical (unpaired) electrons. The van der Waals surface area contributed by atoms with Crippen LogP contribution in [0.1, 0.15) is 39.9 Å². The number of aromatic nitrogens is 3. The first-order chi connectivity index (χ1) is 9.90. The fraction of sp³-hybridized carbons (Fsp3) is 0.438. The zero-order valence-corrected chi connectivity index (χ0v) is 14.4. The van der Waals surface area contributed by atoms with E-state index in [0.29, 0.717) is 6.61 Å². The van der Waals surface area contributed by atoms with E-state index in [2.05, 4.69) is 58.6 Å². The molecule has 0 N–H and O–H groups in total. The number of hydrogen-bond donors (Lipinski definition) is 0. The predicted molar refractivity (Wildman–Crippen MR) is 87.4 cm³/mol. The Bertz CT molecular complexity index is 623. The zero-order valence-electron chi connectivity index (χ0n) is 12.9. The summed E-state index contributed by atoms with van der Waals surface area (Å²) in [6, 6.07) is 3.86. The predicted octanol–water partition coefficient (Wildman–Crippen LogP) is 4.39. The van der Waals surface area contributed by atoms with Crippen molar-refractivity contribution < 1.29 is 4.74 Å². The maximum atomic E-state index is 5.63. The summed E-state index contributed by atoms with van der Waals surface area (Å²) in [6.45, 7) is 9.05. The number of pyridine rings is 1. The molecule has 0 aliphatic rings. The van der Waals surface area contributed by atoms with Crippen molar-refractivity contribution in [2.24, 2.45) is 0 Å². The Morgan fingerprint density at radius 3 is 2.57 bits per heavy atom. The van der Waals surface area contributed by atoms with Gasteiger partial charge < -0.3 is 4.74 Å². The van der Waals surface area contributed by atoms with Gasteiger partial charge >= 0.3 is 0 Å². The van der Waals surface area contributed by atoms with Crippen LogP contribution in [0.25, 0.3) is 11.3 Å². The quantitative estimate of drug-likeness (QED) is 0.768. The summed E-state index contributed by atoms with van der Waals surface area (Å²) in [6.07, 6.45) is 4.48. The van der Waals surface area contributed by atoms with Gasteiger partial charge in [-0.1, -0.05) is 27.7 Å². The van der Waals surface area contributed by atoms with Gasteiger partial charge in [-0.15, -0.1) is 0 Å². The van der Waals surface area contributed by atoms with Gasteiger partial charge in [-0.25, -0.2) is 9.97 Å². The highest BCUT2D eigenvalue weighted by Crippen LogP contribution is 2.27. The van der Waals surface area contributed by atoms with Gasteiger partial charge in [-0.2, -0.15) is 0 Å². The summed E-state index contributed by atoms with van der Waals surface area (Å²) in [7, 11) is 0. The van der Waals surface area contributed by atoms with Crippen LogP contribution < -0.4 is 4.74 Å². The molecule has 0 spiro atoms. The number of ether oxygens (including phenoxy) is 1. The summed E-state index contributed by atoms with van der Waals surface area (Å²) in [4.78, 5) is 13.4. The van der Waals surface area contributed by atoms with Crippen LogP contribution >= 0.6 is 15.9 Å². The van der Waals surface area contributed by atoms with Crippen molar-refractivity contribution in [3.8, 4) is 17.0 Å². The molecule has 0 fully saturated rings. The molecule has 2 aromatic heterocycles. The molecule has 5 heteroatoms. The first-order valence-electron chi connectivity index (χ1n) is 7.03. The third-order valence-electron chi connectivity index (χ3n) is 2.85. The summed E-state index contributed by atoms with van der Waals surface area (Å²) in [5.74, 6) is 1.56. The van der Waals surface area contributed by atoms with Crippen molar-refractivity contribution in [2.75, 3.05) is 6.61 Å². The molecule has 0 amide bonds. The van der Waals surface area contributed by atoms with Crippen LogP contribution in [0, 0.1) is 0 Å². The largest absolute Gasteiger partial charge is 0.492 e. The third-order valence-corrected chi connectivity index (χ3v) is 3.25. The second-order valence-corrected chi connectivity index (χ2v) is 6.72. The van der Waals surface area contributed by atoms with Gasteiger partial charge in [0.05, 0.1) is 18.5 Å². The molecule has 2 aromatic rings. The highest BCUT2D eigenvalue weighted by Gasteiger charge is 2.19. The molecule has 2 rings (SSSR count). The van der Waals surface area contributed by atoms with Gasteiger partial charge in [-0.3, -0.25) is 4.98 Å². The van der Waals surface area contributed by atoms with E-state index in [9.17, 15) is 0 Å². The summed E-state index contributed by atoms with van der Waals surface area (Å²) in [5, 5.41) is 0. The lowest BCUT2D eigenvalue weighted by Gasteiger charge is -2.17. The highest BCUT2D eigenvalue weighted by molar-refractivity contribution is 9.10. The van der Waals surface area contributed by atoms with E-state index in [0.717, 1.165) is 33.9 Å². The van der Waals surface area contributed by atoms with E-state index < -0.39 is 0 Å². The van der Waals surface area contributed by atoms with Crippen LogP contribution in [0.5, 0.6) is 5.75 Å². The second-order valence-electron chi connectivity index (χ2n) is 5.91. The molecular formula is C16H20BrN3O. The zero-order chi connectivity index (χ0) is 15.5. The Balaban J connectivity index is 2.40. The topological polar surface area (TPSA) is 47.9 Å². The lowest BCUT2D eigenvalue weighted by molar-refractivity contribution is 0.316. The molecule has 0 aliphatic carbocycles. The fourth-order valence-electron chi connectivity index (χ4n) is 1.76. The fourth-order valence-corrected chi connectivity index (χ4v) is 2.14. The SMILES string of the molecule is CCCOc1cncc(-c2cc(Br)nc(C(C)(C)C)n2)c1. The molecule has 112 valence electrons. The molecule has 4 nitrogen and oxygen atoms in total. The van der Waals surface area contributed by atoms with E-state index in [1.807, 2.05) is 12.1 Å². The number of rotatable bonds is 4. The first-order valence-corrected chi connectivity index (χ1v) is 7.82. The maximum absolute atomic E-state index is 5.63. The standard InChI is InChI=1S/C16H20BrN3O/c1-5-6-21-12-7-11(9-18-10-12)13-8-14(17)20-15(19-13)16(2,3)4/h7-10H,5-6H2,1-4H3. The van der Waals surface area contributed by atoms with Crippen molar-refractivity contribution in [1.82, 2.24) is 15.0 Å². The van der Waals surface area contributed by atoms with Crippen molar-refractivity contribution in [1.29, 1.82) is 0 Å². The number of hydrogen-bond acceptors (Lipinski definition) is 4. The van der Waals surface area contributed by atoms with Gasteiger partial charge in [0.1, 0.15) is 16.2 Å². The Hall–Kier alpha value is -1.49. The third kappa shape index (κ3) is 4.24. The Labute approximate surface area is 134 Å². The molecule has 0 atom stereocenters. The smallest absolute Gasteiger partial charge is 0.138 e. The molecule has 0 aliphatic heterocycles. The lowest BCUT2D eigenvalue weighted by Crippen LogP contribution is -2.16. The van der Waals surface area contributed by atoms with Gasteiger partial charge in [0.25, 0.3) is 0 Å². The summed E-state index contributed by atoms with van der Waals surface area (Å²) in [5.41, 5.74) is 1.66. The molecular weight excluding hydrogens is 330 g/mol. The van der Waals surface area contributed by atoms with Crippen LogP contribution in [-0.2, 0) is 5.41 Å². The number of halogens is 1. The molecule has 0 unspecified atom stereocenters. The van der Waals surface area contributed by atoms with Crippen molar-refractivity contribution in [2.45, 2.75) is 39.5 Å². The van der Waals surface area contributed by atoms with Gasteiger partial charge in [0, 0.05) is 17.2 Å². The second kappa shape index (κ2) is 6.52. The molecule has 0 saturated heterocycles. The molecule has 2 heterocycles. The van der Waals surface area contributed by atoms with Gasteiger partial charge in [-0.05, 0) is 34.5 Å². The minimum Gasteiger partial charge on any atom is -0.492 e. The van der Waals surface area contributed by atoms with Gasteiger partial charge in [0.2, 0.25) is 0 Å².